The number of phenols is 1. The van der Waals surface area contributed by atoms with E-state index in [4.69, 9.17) is 16.7 Å². The van der Waals surface area contributed by atoms with Gasteiger partial charge in [0.25, 0.3) is 5.91 Å². The molecule has 0 aromatic heterocycles. The fraction of sp³-hybridized carbons (Fsp3) is 0.0667. The molecule has 0 bridgehead atoms. The third kappa shape index (κ3) is 3.14. The molecule has 0 atom stereocenters. The molecule has 0 aliphatic carbocycles. The Hall–Kier alpha value is -2.53. The number of rotatable bonds is 3. The van der Waals surface area contributed by atoms with Gasteiger partial charge >= 0.3 is 5.97 Å². The third-order valence-corrected chi connectivity index (χ3v) is 3.32. The topological polar surface area (TPSA) is 77.8 Å². The number of hydrogen-bond donors (Lipinski definition) is 2. The summed E-state index contributed by atoms with van der Waals surface area (Å²) >= 11 is 5.95. The highest BCUT2D eigenvalue weighted by Crippen LogP contribution is 2.24. The molecule has 2 rings (SSSR count). The Kier molecular flexibility index (Phi) is 4.14. The number of carboxylic acids is 1. The molecule has 2 aromatic rings. The van der Waals surface area contributed by atoms with Gasteiger partial charge < -0.3 is 15.1 Å². The predicted octanol–water partition coefficient (Wildman–Crippen LogP) is 3.02. The van der Waals surface area contributed by atoms with E-state index in [0.717, 1.165) is 0 Å². The summed E-state index contributed by atoms with van der Waals surface area (Å²) in [6.07, 6.45) is 0. The summed E-state index contributed by atoms with van der Waals surface area (Å²) in [5, 5.41) is 18.5. The third-order valence-electron chi connectivity index (χ3n) is 2.99. The van der Waals surface area contributed by atoms with Gasteiger partial charge in [-0.05, 0) is 42.5 Å². The van der Waals surface area contributed by atoms with Gasteiger partial charge in [0.2, 0.25) is 0 Å². The van der Waals surface area contributed by atoms with Crippen LogP contribution in [-0.4, -0.2) is 29.1 Å². The van der Waals surface area contributed by atoms with Crippen LogP contribution in [0.2, 0.25) is 5.02 Å². The average molecular weight is 306 g/mol. The summed E-state index contributed by atoms with van der Waals surface area (Å²) in [5.41, 5.74) is 0.820. The van der Waals surface area contributed by atoms with Crippen LogP contribution >= 0.6 is 11.6 Å². The smallest absolute Gasteiger partial charge is 0.335 e. The zero-order valence-electron chi connectivity index (χ0n) is 11.1. The quantitative estimate of drug-likeness (QED) is 0.913. The van der Waals surface area contributed by atoms with Gasteiger partial charge in [0.1, 0.15) is 5.75 Å². The molecule has 0 fully saturated rings. The Morgan fingerprint density at radius 1 is 1.10 bits per heavy atom. The standard InChI is InChI=1S/C15H12ClNO4/c1-17(10-4-2-9(3-5-10)15(20)21)14(19)12-8-11(18)6-7-13(12)16/h2-8,18H,1H3,(H,20,21). The highest BCUT2D eigenvalue weighted by molar-refractivity contribution is 6.34. The summed E-state index contributed by atoms with van der Waals surface area (Å²) in [4.78, 5) is 24.5. The van der Waals surface area contributed by atoms with Crippen LogP contribution in [0.1, 0.15) is 20.7 Å². The molecule has 0 saturated carbocycles. The van der Waals surface area contributed by atoms with Gasteiger partial charge in [-0.25, -0.2) is 4.79 Å². The van der Waals surface area contributed by atoms with Crippen molar-refractivity contribution in [1.29, 1.82) is 0 Å². The molecule has 0 spiro atoms. The van der Waals surface area contributed by atoms with Crippen LogP contribution in [0.5, 0.6) is 5.75 Å². The van der Waals surface area contributed by atoms with Crippen LogP contribution in [0.15, 0.2) is 42.5 Å². The number of anilines is 1. The molecule has 108 valence electrons. The van der Waals surface area contributed by atoms with Crippen molar-refractivity contribution in [2.75, 3.05) is 11.9 Å². The molecule has 0 heterocycles. The van der Waals surface area contributed by atoms with Crippen molar-refractivity contribution in [2.24, 2.45) is 0 Å². The Balaban J connectivity index is 2.30. The van der Waals surface area contributed by atoms with Gasteiger partial charge in [0.05, 0.1) is 16.1 Å². The molecular formula is C15H12ClNO4. The molecular weight excluding hydrogens is 294 g/mol. The number of halogens is 1. The van der Waals surface area contributed by atoms with Crippen molar-refractivity contribution in [3.05, 3.63) is 58.6 Å². The molecule has 0 aliphatic heterocycles. The minimum Gasteiger partial charge on any atom is -0.508 e. The van der Waals surface area contributed by atoms with E-state index in [-0.39, 0.29) is 21.9 Å². The summed E-state index contributed by atoms with van der Waals surface area (Å²) in [6.45, 7) is 0. The molecule has 21 heavy (non-hydrogen) atoms. The van der Waals surface area contributed by atoms with Crippen LogP contribution in [0.4, 0.5) is 5.69 Å². The minimum atomic E-state index is -1.04. The molecule has 6 heteroatoms. The fourth-order valence-electron chi connectivity index (χ4n) is 1.80. The molecule has 2 aromatic carbocycles. The van der Waals surface area contributed by atoms with E-state index in [2.05, 4.69) is 0 Å². The highest BCUT2D eigenvalue weighted by atomic mass is 35.5. The van der Waals surface area contributed by atoms with Crippen molar-refractivity contribution in [2.45, 2.75) is 0 Å². The van der Waals surface area contributed by atoms with Crippen LogP contribution in [0, 0.1) is 0 Å². The normalized spacial score (nSPS) is 10.2. The maximum Gasteiger partial charge on any atom is 0.335 e. The van der Waals surface area contributed by atoms with Gasteiger partial charge in [-0.15, -0.1) is 0 Å². The Morgan fingerprint density at radius 2 is 1.71 bits per heavy atom. The lowest BCUT2D eigenvalue weighted by Crippen LogP contribution is -2.26. The SMILES string of the molecule is CN(C(=O)c1cc(O)ccc1Cl)c1ccc(C(=O)O)cc1. The molecule has 2 N–H and O–H groups in total. The zero-order chi connectivity index (χ0) is 15.6. The number of carbonyl (C=O) groups excluding carboxylic acids is 1. The maximum absolute atomic E-state index is 12.4. The van der Waals surface area contributed by atoms with Crippen LogP contribution in [0.3, 0.4) is 0 Å². The van der Waals surface area contributed by atoms with Gasteiger partial charge in [-0.2, -0.15) is 0 Å². The lowest BCUT2D eigenvalue weighted by molar-refractivity contribution is 0.0696. The number of hydrogen-bond acceptors (Lipinski definition) is 3. The molecule has 0 saturated heterocycles. The summed E-state index contributed by atoms with van der Waals surface area (Å²) in [6, 6.07) is 9.98. The first-order chi connectivity index (χ1) is 9.90. The van der Waals surface area contributed by atoms with E-state index < -0.39 is 11.9 Å². The highest BCUT2D eigenvalue weighted by Gasteiger charge is 2.17. The van der Waals surface area contributed by atoms with E-state index >= 15 is 0 Å². The number of carbonyl (C=O) groups is 2. The van der Waals surface area contributed by atoms with E-state index in [1.807, 2.05) is 0 Å². The van der Waals surface area contributed by atoms with Crippen molar-refractivity contribution in [3.63, 3.8) is 0 Å². The maximum atomic E-state index is 12.4. The summed E-state index contributed by atoms with van der Waals surface area (Å²) in [5.74, 6) is -1.50. The zero-order valence-corrected chi connectivity index (χ0v) is 11.8. The first-order valence-electron chi connectivity index (χ1n) is 6.00. The Labute approximate surface area is 126 Å². The summed E-state index contributed by atoms with van der Waals surface area (Å²) in [7, 11) is 1.54. The first-order valence-corrected chi connectivity index (χ1v) is 6.38. The number of aromatic carboxylic acids is 1. The number of carboxylic acid groups (broad SMARTS) is 1. The fourth-order valence-corrected chi connectivity index (χ4v) is 2.00. The van der Waals surface area contributed by atoms with Gasteiger partial charge in [-0.1, -0.05) is 11.6 Å². The number of amides is 1. The van der Waals surface area contributed by atoms with E-state index in [1.54, 1.807) is 7.05 Å². The first kappa shape index (κ1) is 14.9. The van der Waals surface area contributed by atoms with E-state index in [9.17, 15) is 14.7 Å². The van der Waals surface area contributed by atoms with Crippen molar-refractivity contribution in [3.8, 4) is 5.75 Å². The number of benzene rings is 2. The van der Waals surface area contributed by atoms with Crippen molar-refractivity contribution >= 4 is 29.2 Å². The van der Waals surface area contributed by atoms with E-state index in [1.165, 1.54) is 47.4 Å². The monoisotopic (exact) mass is 305 g/mol. The largest absolute Gasteiger partial charge is 0.508 e. The Bertz CT molecular complexity index is 697. The minimum absolute atomic E-state index is 0.0580. The second-order valence-corrected chi connectivity index (χ2v) is 4.79. The van der Waals surface area contributed by atoms with Crippen LogP contribution < -0.4 is 4.90 Å². The van der Waals surface area contributed by atoms with Crippen molar-refractivity contribution < 1.29 is 19.8 Å². The van der Waals surface area contributed by atoms with Gasteiger partial charge in [0.15, 0.2) is 0 Å². The van der Waals surface area contributed by atoms with Crippen molar-refractivity contribution in [1.82, 2.24) is 0 Å². The lowest BCUT2D eigenvalue weighted by Gasteiger charge is -2.18. The Morgan fingerprint density at radius 3 is 2.29 bits per heavy atom. The lowest BCUT2D eigenvalue weighted by atomic mass is 10.1. The van der Waals surface area contributed by atoms with Gasteiger partial charge in [0, 0.05) is 12.7 Å². The predicted molar refractivity (Wildman–Crippen MR) is 79.3 cm³/mol. The number of nitrogens with zero attached hydrogens (tertiary/aromatic N) is 1. The molecule has 0 aliphatic rings. The molecule has 5 nitrogen and oxygen atoms in total. The number of aromatic hydroxyl groups is 1. The number of phenolic OH excluding ortho intramolecular Hbond substituents is 1. The molecule has 1 amide bonds. The second kappa shape index (κ2) is 5.85. The molecule has 0 radical (unpaired) electrons. The van der Waals surface area contributed by atoms with Gasteiger partial charge in [-0.3, -0.25) is 4.79 Å². The van der Waals surface area contributed by atoms with Crippen LogP contribution in [-0.2, 0) is 0 Å². The summed E-state index contributed by atoms with van der Waals surface area (Å²) < 4.78 is 0. The second-order valence-electron chi connectivity index (χ2n) is 4.38. The average Bonchev–Trinajstić information content (AvgIpc) is 2.48. The van der Waals surface area contributed by atoms with E-state index in [0.29, 0.717) is 5.69 Å². The molecule has 0 unspecified atom stereocenters. The van der Waals surface area contributed by atoms with Crippen LogP contribution in [0.25, 0.3) is 0 Å².